The zero-order chi connectivity index (χ0) is 22.6. The Hall–Kier alpha value is -2.37. The average Bonchev–Trinajstić information content (AvgIpc) is 3.22. The van der Waals surface area contributed by atoms with Crippen molar-refractivity contribution in [3.63, 3.8) is 0 Å². The largest absolute Gasteiger partial charge is 0.396 e. The van der Waals surface area contributed by atoms with Gasteiger partial charge in [0.05, 0.1) is 29.5 Å². The Morgan fingerprint density at radius 3 is 2.41 bits per heavy atom. The fourth-order valence-electron chi connectivity index (χ4n) is 3.45. The number of benzene rings is 2. The van der Waals surface area contributed by atoms with E-state index in [1.807, 2.05) is 9.95 Å². The van der Waals surface area contributed by atoms with Gasteiger partial charge in [-0.15, -0.1) is 11.3 Å². The Labute approximate surface area is 190 Å². The molecule has 4 rings (SSSR count). The number of hydrogen-bond donors (Lipinski definition) is 1. The van der Waals surface area contributed by atoms with Gasteiger partial charge in [-0.25, -0.2) is 17.8 Å². The lowest BCUT2D eigenvalue weighted by Gasteiger charge is -2.26. The number of nitrogens with zero attached hydrogens (tertiary/aromatic N) is 3. The molecule has 2 heterocycles. The lowest BCUT2D eigenvalue weighted by Crippen LogP contribution is -2.40. The van der Waals surface area contributed by atoms with Crippen molar-refractivity contribution in [3.05, 3.63) is 64.5 Å². The van der Waals surface area contributed by atoms with Gasteiger partial charge in [0.15, 0.2) is 4.80 Å². The van der Waals surface area contributed by atoms with Crippen LogP contribution < -0.4 is 4.80 Å². The zero-order valence-electron chi connectivity index (χ0n) is 17.4. The highest BCUT2D eigenvalue weighted by atomic mass is 32.2. The third kappa shape index (κ3) is 5.00. The van der Waals surface area contributed by atoms with Crippen LogP contribution in [0.1, 0.15) is 6.42 Å². The second-order valence-electron chi connectivity index (χ2n) is 7.26. The van der Waals surface area contributed by atoms with Crippen LogP contribution in [0.2, 0.25) is 0 Å². The summed E-state index contributed by atoms with van der Waals surface area (Å²) in [7, 11) is -3.56. The Kier molecular flexibility index (Phi) is 7.17. The predicted octanol–water partition coefficient (Wildman–Crippen LogP) is 2.99. The number of morpholine rings is 1. The van der Waals surface area contributed by atoms with Crippen LogP contribution in [0.25, 0.3) is 11.3 Å². The molecule has 0 spiro atoms. The standard InChI is InChI=1S/C22H24FN3O4S2/c23-18-4-6-19(7-5-18)24-22-26(10-1-13-27)21(16-31-22)17-2-8-20(9-3-17)32(28,29)25-11-14-30-15-12-25/h2-9,16,27H,1,10-15H2. The van der Waals surface area contributed by atoms with Crippen molar-refractivity contribution in [1.29, 1.82) is 0 Å². The Bertz CT molecular complexity index is 1210. The number of thiazole rings is 1. The van der Waals surface area contributed by atoms with E-state index in [2.05, 4.69) is 4.99 Å². The Morgan fingerprint density at radius 1 is 1.06 bits per heavy atom. The molecule has 0 amide bonds. The lowest BCUT2D eigenvalue weighted by atomic mass is 10.2. The number of halogens is 1. The molecule has 3 aromatic rings. The molecule has 0 radical (unpaired) electrons. The van der Waals surface area contributed by atoms with Crippen molar-refractivity contribution in [2.75, 3.05) is 32.9 Å². The molecule has 10 heteroatoms. The Balaban J connectivity index is 1.67. The number of aliphatic hydroxyl groups is 1. The minimum absolute atomic E-state index is 0.0367. The second kappa shape index (κ2) is 10.1. The molecule has 0 unspecified atom stereocenters. The van der Waals surface area contributed by atoms with Crippen LogP contribution >= 0.6 is 11.3 Å². The maximum Gasteiger partial charge on any atom is 0.243 e. The summed E-state index contributed by atoms with van der Waals surface area (Å²) in [4.78, 5) is 5.58. The van der Waals surface area contributed by atoms with Gasteiger partial charge in [0.1, 0.15) is 5.82 Å². The number of aliphatic hydroxyl groups excluding tert-OH is 1. The number of ether oxygens (including phenoxy) is 1. The van der Waals surface area contributed by atoms with Crippen molar-refractivity contribution in [2.24, 2.45) is 4.99 Å². The van der Waals surface area contributed by atoms with E-state index in [9.17, 15) is 17.9 Å². The molecule has 1 aliphatic rings. The zero-order valence-corrected chi connectivity index (χ0v) is 19.0. The first kappa shape index (κ1) is 22.8. The minimum atomic E-state index is -3.56. The van der Waals surface area contributed by atoms with Crippen LogP contribution in [0, 0.1) is 5.82 Å². The highest BCUT2D eigenvalue weighted by Gasteiger charge is 2.26. The first-order chi connectivity index (χ1) is 15.5. The summed E-state index contributed by atoms with van der Waals surface area (Å²) in [6.45, 7) is 2.08. The minimum Gasteiger partial charge on any atom is -0.396 e. The van der Waals surface area contributed by atoms with Crippen LogP contribution in [0.5, 0.6) is 0 Å². The lowest BCUT2D eigenvalue weighted by molar-refractivity contribution is 0.0730. The van der Waals surface area contributed by atoms with Crippen molar-refractivity contribution >= 4 is 27.0 Å². The quantitative estimate of drug-likeness (QED) is 0.567. The number of sulfonamides is 1. The van der Waals surface area contributed by atoms with Crippen molar-refractivity contribution < 1.29 is 22.7 Å². The van der Waals surface area contributed by atoms with Gasteiger partial charge in [-0.1, -0.05) is 12.1 Å². The molecule has 32 heavy (non-hydrogen) atoms. The maximum atomic E-state index is 13.2. The van der Waals surface area contributed by atoms with Gasteiger partial charge in [0, 0.05) is 31.6 Å². The smallest absolute Gasteiger partial charge is 0.243 e. The molecule has 0 atom stereocenters. The number of rotatable bonds is 7. The van der Waals surface area contributed by atoms with E-state index in [1.54, 1.807) is 36.4 Å². The molecule has 1 aromatic heterocycles. The molecule has 1 fully saturated rings. The average molecular weight is 478 g/mol. The maximum absolute atomic E-state index is 13.2. The first-order valence-corrected chi connectivity index (χ1v) is 12.6. The second-order valence-corrected chi connectivity index (χ2v) is 10.0. The van der Waals surface area contributed by atoms with Gasteiger partial charge in [-0.3, -0.25) is 0 Å². The summed E-state index contributed by atoms with van der Waals surface area (Å²) in [5, 5.41) is 11.3. The summed E-state index contributed by atoms with van der Waals surface area (Å²) in [5.74, 6) is -0.323. The van der Waals surface area contributed by atoms with Crippen molar-refractivity contribution in [2.45, 2.75) is 17.9 Å². The van der Waals surface area contributed by atoms with E-state index < -0.39 is 10.0 Å². The van der Waals surface area contributed by atoms with Crippen LogP contribution in [0.4, 0.5) is 10.1 Å². The molecule has 0 saturated carbocycles. The highest BCUT2D eigenvalue weighted by molar-refractivity contribution is 7.89. The van der Waals surface area contributed by atoms with Crippen LogP contribution in [-0.4, -0.2) is 55.3 Å². The molecule has 0 aliphatic carbocycles. The van der Waals surface area contributed by atoms with Gasteiger partial charge < -0.3 is 14.4 Å². The van der Waals surface area contributed by atoms with E-state index in [0.29, 0.717) is 49.8 Å². The van der Waals surface area contributed by atoms with Gasteiger partial charge >= 0.3 is 0 Å². The molecule has 170 valence electrons. The van der Waals surface area contributed by atoms with E-state index in [4.69, 9.17) is 4.74 Å². The molecule has 7 nitrogen and oxygen atoms in total. The van der Waals surface area contributed by atoms with E-state index in [-0.39, 0.29) is 17.3 Å². The van der Waals surface area contributed by atoms with Gasteiger partial charge in [0.2, 0.25) is 10.0 Å². The van der Waals surface area contributed by atoms with E-state index in [1.165, 1.54) is 27.8 Å². The molecule has 2 aromatic carbocycles. The van der Waals surface area contributed by atoms with Crippen LogP contribution in [0.3, 0.4) is 0 Å². The van der Waals surface area contributed by atoms with Gasteiger partial charge in [-0.05, 0) is 48.4 Å². The Morgan fingerprint density at radius 2 is 1.75 bits per heavy atom. The summed E-state index contributed by atoms with van der Waals surface area (Å²) >= 11 is 1.43. The molecule has 1 aliphatic heterocycles. The van der Waals surface area contributed by atoms with E-state index >= 15 is 0 Å². The summed E-state index contributed by atoms with van der Waals surface area (Å²) in [5.41, 5.74) is 2.35. The summed E-state index contributed by atoms with van der Waals surface area (Å²) in [6.07, 6.45) is 0.545. The first-order valence-electron chi connectivity index (χ1n) is 10.3. The third-order valence-corrected chi connectivity index (χ3v) is 7.92. The molecular weight excluding hydrogens is 453 g/mol. The summed E-state index contributed by atoms with van der Waals surface area (Å²) < 4.78 is 47.6. The SMILES string of the molecule is O=S(=O)(c1ccc(-c2csc(=Nc3ccc(F)cc3)n2CCCO)cc1)N1CCOCC1. The van der Waals surface area contributed by atoms with Gasteiger partial charge in [0.25, 0.3) is 0 Å². The number of aromatic nitrogens is 1. The molecular formula is C22H24FN3O4S2. The third-order valence-electron chi connectivity index (χ3n) is 5.15. The van der Waals surface area contributed by atoms with Crippen molar-refractivity contribution in [3.8, 4) is 11.3 Å². The van der Waals surface area contributed by atoms with Gasteiger partial charge in [-0.2, -0.15) is 4.31 Å². The fourth-order valence-corrected chi connectivity index (χ4v) is 5.82. The van der Waals surface area contributed by atoms with Crippen molar-refractivity contribution in [1.82, 2.24) is 8.87 Å². The van der Waals surface area contributed by atoms with Crippen LogP contribution in [0.15, 0.2) is 63.8 Å². The normalized spacial score (nSPS) is 15.9. The topological polar surface area (TPSA) is 84.1 Å². The summed E-state index contributed by atoms with van der Waals surface area (Å²) in [6, 6.07) is 12.7. The van der Waals surface area contributed by atoms with E-state index in [0.717, 1.165) is 11.3 Å². The van der Waals surface area contributed by atoms with Crippen LogP contribution in [-0.2, 0) is 21.3 Å². The molecule has 1 N–H and O–H groups in total. The highest BCUT2D eigenvalue weighted by Crippen LogP contribution is 2.25. The number of hydrogen-bond acceptors (Lipinski definition) is 6. The molecule has 0 bridgehead atoms. The predicted molar refractivity (Wildman–Crippen MR) is 121 cm³/mol. The monoisotopic (exact) mass is 477 g/mol. The fraction of sp³-hybridized carbons (Fsp3) is 0.318. The molecule has 1 saturated heterocycles.